The first kappa shape index (κ1) is 12.1. The van der Waals surface area contributed by atoms with Crippen LogP contribution in [0.5, 0.6) is 0 Å². The van der Waals surface area contributed by atoms with Crippen LogP contribution < -0.4 is 0 Å². The molecule has 1 aliphatic heterocycles. The Bertz CT molecular complexity index is 227. The summed E-state index contributed by atoms with van der Waals surface area (Å²) in [5.41, 5.74) is 0.125. The lowest BCUT2D eigenvalue weighted by atomic mass is 9.86. The van der Waals surface area contributed by atoms with E-state index in [0.717, 1.165) is 12.8 Å². The van der Waals surface area contributed by atoms with Gasteiger partial charge in [-0.25, -0.2) is 0 Å². The third-order valence-electron chi connectivity index (χ3n) is 4.47. The fraction of sp³-hybridized carbons (Fsp3) is 0.857. The Morgan fingerprint density at radius 3 is 2.38 bits per heavy atom. The number of aliphatic hydroxyl groups is 1. The molecule has 1 N–H and O–H groups in total. The van der Waals surface area contributed by atoms with Crippen molar-refractivity contribution in [3.8, 4) is 0 Å². The van der Waals surface area contributed by atoms with Crippen molar-refractivity contribution in [2.45, 2.75) is 63.0 Å². The zero-order chi connectivity index (χ0) is 11.4. The normalized spacial score (nSPS) is 27.1. The number of nitrogens with zero attached hydrogens (tertiary/aromatic N) is 1. The highest BCUT2D eigenvalue weighted by atomic mass is 16.3. The van der Waals surface area contributed by atoms with E-state index in [1.54, 1.807) is 0 Å². The van der Waals surface area contributed by atoms with Crippen molar-refractivity contribution in [3.63, 3.8) is 0 Å². The number of hydrogen-bond acceptors (Lipinski definition) is 2. The molecule has 2 aliphatic rings. The third-order valence-corrected chi connectivity index (χ3v) is 4.47. The summed E-state index contributed by atoms with van der Waals surface area (Å²) in [6.45, 7) is 6.15. The Hall–Kier alpha value is -0.340. The topological polar surface area (TPSA) is 23.5 Å². The standard InChI is InChI=1S/C14H25NO/c1-2-3-8-13(16)14(9-4-5-10-14)15-11-6-7-12-15/h2,13,16H,1,3-12H2. The molecular weight excluding hydrogens is 198 g/mol. The van der Waals surface area contributed by atoms with Crippen LogP contribution in [0.3, 0.4) is 0 Å². The van der Waals surface area contributed by atoms with Crippen molar-refractivity contribution in [2.75, 3.05) is 13.1 Å². The quantitative estimate of drug-likeness (QED) is 0.724. The van der Waals surface area contributed by atoms with Crippen LogP contribution in [0.2, 0.25) is 0 Å². The lowest BCUT2D eigenvalue weighted by molar-refractivity contribution is -0.0214. The first-order valence-electron chi connectivity index (χ1n) is 6.83. The average molecular weight is 223 g/mol. The molecule has 2 nitrogen and oxygen atoms in total. The molecule has 1 atom stereocenters. The highest BCUT2D eigenvalue weighted by molar-refractivity contribution is 5.01. The van der Waals surface area contributed by atoms with E-state index < -0.39 is 0 Å². The first-order valence-corrected chi connectivity index (χ1v) is 6.83. The molecule has 0 aromatic heterocycles. The van der Waals surface area contributed by atoms with Gasteiger partial charge in [-0.3, -0.25) is 4.90 Å². The molecule has 2 heteroatoms. The van der Waals surface area contributed by atoms with Gasteiger partial charge < -0.3 is 5.11 Å². The van der Waals surface area contributed by atoms with Crippen molar-refractivity contribution in [3.05, 3.63) is 12.7 Å². The van der Waals surface area contributed by atoms with Gasteiger partial charge in [0.25, 0.3) is 0 Å². The van der Waals surface area contributed by atoms with E-state index in [1.165, 1.54) is 51.6 Å². The van der Waals surface area contributed by atoms with E-state index in [-0.39, 0.29) is 11.6 Å². The predicted molar refractivity (Wildman–Crippen MR) is 67.4 cm³/mol. The molecule has 0 radical (unpaired) electrons. The second kappa shape index (κ2) is 5.33. The van der Waals surface area contributed by atoms with Gasteiger partial charge >= 0.3 is 0 Å². The molecule has 92 valence electrons. The van der Waals surface area contributed by atoms with Gasteiger partial charge in [-0.15, -0.1) is 6.58 Å². The van der Waals surface area contributed by atoms with Gasteiger partial charge in [-0.05, 0) is 51.6 Å². The Labute approximate surface area is 99.3 Å². The number of rotatable bonds is 5. The van der Waals surface area contributed by atoms with Crippen molar-refractivity contribution >= 4 is 0 Å². The summed E-state index contributed by atoms with van der Waals surface area (Å²) in [5, 5.41) is 10.5. The monoisotopic (exact) mass is 223 g/mol. The highest BCUT2D eigenvalue weighted by Crippen LogP contribution is 2.41. The fourth-order valence-electron chi connectivity index (χ4n) is 3.55. The summed E-state index contributed by atoms with van der Waals surface area (Å²) in [7, 11) is 0. The van der Waals surface area contributed by atoms with Crippen LogP contribution in [0.1, 0.15) is 51.4 Å². The molecule has 1 aliphatic carbocycles. The molecule has 1 saturated carbocycles. The molecule has 0 aromatic carbocycles. The minimum atomic E-state index is -0.147. The molecular formula is C14H25NO. The van der Waals surface area contributed by atoms with Crippen molar-refractivity contribution in [1.29, 1.82) is 0 Å². The predicted octanol–water partition coefficient (Wildman–Crippen LogP) is 2.72. The molecule has 1 unspecified atom stereocenters. The van der Waals surface area contributed by atoms with E-state index in [9.17, 15) is 5.11 Å². The summed E-state index contributed by atoms with van der Waals surface area (Å²) in [6, 6.07) is 0. The Kier molecular flexibility index (Phi) is 4.04. The molecule has 0 amide bonds. The van der Waals surface area contributed by atoms with Gasteiger partial charge in [0.05, 0.1) is 6.10 Å². The van der Waals surface area contributed by atoms with Crippen LogP contribution >= 0.6 is 0 Å². The molecule has 1 saturated heterocycles. The van der Waals surface area contributed by atoms with Crippen LogP contribution in [0, 0.1) is 0 Å². The molecule has 0 aromatic rings. The largest absolute Gasteiger partial charge is 0.391 e. The van der Waals surface area contributed by atoms with Gasteiger partial charge in [0.1, 0.15) is 0 Å². The zero-order valence-electron chi connectivity index (χ0n) is 10.3. The van der Waals surface area contributed by atoms with Gasteiger partial charge in [0.2, 0.25) is 0 Å². The SMILES string of the molecule is C=CCCC(O)C1(N2CCCC2)CCCC1. The minimum Gasteiger partial charge on any atom is -0.391 e. The second-order valence-corrected chi connectivity index (χ2v) is 5.39. The van der Waals surface area contributed by atoms with Gasteiger partial charge in [0.15, 0.2) is 0 Å². The highest BCUT2D eigenvalue weighted by Gasteiger charge is 2.45. The summed E-state index contributed by atoms with van der Waals surface area (Å²) in [4.78, 5) is 2.58. The minimum absolute atomic E-state index is 0.125. The molecule has 0 bridgehead atoms. The fourth-order valence-corrected chi connectivity index (χ4v) is 3.55. The lowest BCUT2D eigenvalue weighted by Crippen LogP contribution is -2.53. The maximum Gasteiger partial charge on any atom is 0.0726 e. The third kappa shape index (κ3) is 2.18. The van der Waals surface area contributed by atoms with Gasteiger partial charge in [-0.2, -0.15) is 0 Å². The summed E-state index contributed by atoms with van der Waals surface area (Å²) >= 11 is 0. The summed E-state index contributed by atoms with van der Waals surface area (Å²) in [6.07, 6.45) is 11.2. The smallest absolute Gasteiger partial charge is 0.0726 e. The van der Waals surface area contributed by atoms with Gasteiger partial charge in [-0.1, -0.05) is 18.9 Å². The zero-order valence-corrected chi connectivity index (χ0v) is 10.3. The summed E-state index contributed by atoms with van der Waals surface area (Å²) in [5.74, 6) is 0. The van der Waals surface area contributed by atoms with Crippen molar-refractivity contribution in [1.82, 2.24) is 4.90 Å². The number of hydrogen-bond donors (Lipinski definition) is 1. The maximum absolute atomic E-state index is 10.5. The van der Waals surface area contributed by atoms with Crippen LogP contribution in [0.4, 0.5) is 0 Å². The Morgan fingerprint density at radius 1 is 1.19 bits per heavy atom. The van der Waals surface area contributed by atoms with Crippen LogP contribution in [0.25, 0.3) is 0 Å². The Balaban J connectivity index is 2.04. The van der Waals surface area contributed by atoms with E-state index in [0.29, 0.717) is 0 Å². The van der Waals surface area contributed by atoms with E-state index in [1.807, 2.05) is 6.08 Å². The molecule has 0 spiro atoms. The average Bonchev–Trinajstić information content (AvgIpc) is 2.95. The molecule has 16 heavy (non-hydrogen) atoms. The van der Waals surface area contributed by atoms with Crippen LogP contribution in [-0.2, 0) is 0 Å². The van der Waals surface area contributed by atoms with Crippen molar-refractivity contribution in [2.24, 2.45) is 0 Å². The number of allylic oxidation sites excluding steroid dienone is 1. The molecule has 2 fully saturated rings. The van der Waals surface area contributed by atoms with Gasteiger partial charge in [0, 0.05) is 5.54 Å². The maximum atomic E-state index is 10.5. The van der Waals surface area contributed by atoms with E-state index in [2.05, 4.69) is 11.5 Å². The van der Waals surface area contributed by atoms with Crippen LogP contribution in [0.15, 0.2) is 12.7 Å². The number of aliphatic hydroxyl groups excluding tert-OH is 1. The number of likely N-dealkylation sites (tertiary alicyclic amines) is 1. The first-order chi connectivity index (χ1) is 7.79. The van der Waals surface area contributed by atoms with E-state index in [4.69, 9.17) is 0 Å². The van der Waals surface area contributed by atoms with Crippen molar-refractivity contribution < 1.29 is 5.11 Å². The lowest BCUT2D eigenvalue weighted by Gasteiger charge is -2.42. The second-order valence-electron chi connectivity index (χ2n) is 5.39. The molecule has 2 rings (SSSR count). The summed E-state index contributed by atoms with van der Waals surface area (Å²) < 4.78 is 0. The van der Waals surface area contributed by atoms with E-state index >= 15 is 0 Å². The Morgan fingerprint density at radius 2 is 1.81 bits per heavy atom. The molecule has 1 heterocycles. The van der Waals surface area contributed by atoms with Crippen LogP contribution in [-0.4, -0.2) is 34.7 Å².